The molecule has 0 aliphatic carbocycles. The van der Waals surface area contributed by atoms with Crippen LogP contribution in [0.3, 0.4) is 0 Å². The molecule has 0 aliphatic rings. The van der Waals surface area contributed by atoms with Crippen molar-refractivity contribution in [2.75, 3.05) is 6.61 Å². The van der Waals surface area contributed by atoms with Gasteiger partial charge in [0.25, 0.3) is 0 Å². The number of carboxylic acids is 1. The van der Waals surface area contributed by atoms with Crippen molar-refractivity contribution >= 4 is 21.9 Å². The third kappa shape index (κ3) is 5.26. The molecule has 0 fully saturated rings. The van der Waals surface area contributed by atoms with Gasteiger partial charge in [0.05, 0.1) is 6.61 Å². The number of carboxylic acid groups (broad SMARTS) is 1. The van der Waals surface area contributed by atoms with E-state index in [2.05, 4.69) is 0 Å². The van der Waals surface area contributed by atoms with Crippen LogP contribution in [0.25, 0.3) is 0 Å². The highest BCUT2D eigenvalue weighted by atomic mass is 32.2. The molecule has 7 nitrogen and oxygen atoms in total. The summed E-state index contributed by atoms with van der Waals surface area (Å²) in [4.78, 5) is 21.9. The van der Waals surface area contributed by atoms with Crippen molar-refractivity contribution in [1.29, 1.82) is 0 Å². The average molecular weight is 413 g/mol. The van der Waals surface area contributed by atoms with Crippen LogP contribution in [0.15, 0.2) is 41.3 Å². The summed E-state index contributed by atoms with van der Waals surface area (Å²) in [7, 11) is -4.51. The maximum Gasteiger partial charge on any atom is 0.339 e. The fourth-order valence-electron chi connectivity index (χ4n) is 2.18. The van der Waals surface area contributed by atoms with Crippen molar-refractivity contribution in [3.63, 3.8) is 0 Å². The first-order valence-electron chi connectivity index (χ1n) is 8.03. The topological polar surface area (TPSA) is 110 Å². The molecule has 0 heterocycles. The minimum absolute atomic E-state index is 0.0854. The van der Waals surface area contributed by atoms with E-state index in [1.54, 1.807) is 6.92 Å². The van der Waals surface area contributed by atoms with Gasteiger partial charge in [-0.1, -0.05) is 0 Å². The predicted molar refractivity (Wildman–Crippen MR) is 90.4 cm³/mol. The first-order chi connectivity index (χ1) is 13.1. The van der Waals surface area contributed by atoms with E-state index < -0.39 is 44.8 Å². The van der Waals surface area contributed by atoms with Crippen LogP contribution in [0, 0.1) is 11.6 Å². The number of carbonyl (C=O) groups excluding carboxylic acids is 2. The molecule has 0 aromatic heterocycles. The van der Waals surface area contributed by atoms with Crippen molar-refractivity contribution in [2.45, 2.75) is 24.7 Å². The zero-order valence-corrected chi connectivity index (χ0v) is 15.4. The maximum absolute atomic E-state index is 13.3. The minimum atomic E-state index is -4.51. The van der Waals surface area contributed by atoms with E-state index in [0.717, 1.165) is 12.1 Å². The highest BCUT2D eigenvalue weighted by Gasteiger charge is 2.22. The van der Waals surface area contributed by atoms with E-state index in [9.17, 15) is 31.9 Å². The molecular formula is C18H15F2O7S-. The van der Waals surface area contributed by atoms with Gasteiger partial charge in [-0.25, -0.2) is 8.78 Å². The number of halogens is 2. The van der Waals surface area contributed by atoms with E-state index in [0.29, 0.717) is 12.1 Å². The highest BCUT2D eigenvalue weighted by molar-refractivity contribution is 7.87. The zero-order valence-electron chi connectivity index (χ0n) is 14.6. The van der Waals surface area contributed by atoms with Crippen molar-refractivity contribution in [2.24, 2.45) is 0 Å². The summed E-state index contributed by atoms with van der Waals surface area (Å²) in [6.07, 6.45) is -0.771. The van der Waals surface area contributed by atoms with Gasteiger partial charge in [0.1, 0.15) is 4.90 Å². The molecule has 0 N–H and O–H groups in total. The summed E-state index contributed by atoms with van der Waals surface area (Å²) in [6, 6.07) is 5.55. The maximum atomic E-state index is 13.3. The lowest BCUT2D eigenvalue weighted by Gasteiger charge is -2.13. The number of hydrogen-bond donors (Lipinski definition) is 0. The molecule has 0 saturated carbocycles. The third-order valence-corrected chi connectivity index (χ3v) is 4.73. The molecule has 0 amide bonds. The number of ether oxygens (including phenoxy) is 1. The number of aliphatic carboxylic acids is 1. The Morgan fingerprint density at radius 2 is 1.71 bits per heavy atom. The molecule has 150 valence electrons. The molecule has 0 aliphatic heterocycles. The Kier molecular flexibility index (Phi) is 6.68. The second-order valence-corrected chi connectivity index (χ2v) is 7.05. The minimum Gasteiger partial charge on any atom is -0.550 e. The van der Waals surface area contributed by atoms with Crippen molar-refractivity contribution in [3.05, 3.63) is 53.6 Å². The van der Waals surface area contributed by atoms with Crippen molar-refractivity contribution in [1.82, 2.24) is 0 Å². The number of benzene rings is 2. The Balaban J connectivity index is 2.32. The number of carbonyl (C=O) groups is 2. The summed E-state index contributed by atoms with van der Waals surface area (Å²) in [5.41, 5.74) is 0.0854. The van der Waals surface area contributed by atoms with Crippen LogP contribution >= 0.6 is 0 Å². The second-order valence-electron chi connectivity index (χ2n) is 5.50. The van der Waals surface area contributed by atoms with E-state index in [1.807, 2.05) is 0 Å². The quantitative estimate of drug-likeness (QED) is 0.456. The van der Waals surface area contributed by atoms with Gasteiger partial charge < -0.3 is 18.8 Å². The van der Waals surface area contributed by atoms with Crippen molar-refractivity contribution in [3.8, 4) is 11.5 Å². The molecule has 28 heavy (non-hydrogen) atoms. The van der Waals surface area contributed by atoms with Gasteiger partial charge >= 0.3 is 10.1 Å². The Labute approximate surface area is 159 Å². The van der Waals surface area contributed by atoms with Crippen LogP contribution in [0.2, 0.25) is 0 Å². The molecule has 0 radical (unpaired) electrons. The summed E-state index contributed by atoms with van der Waals surface area (Å²) in [5, 5.41) is 10.5. The Morgan fingerprint density at radius 3 is 2.32 bits per heavy atom. The normalized spacial score (nSPS) is 11.1. The number of rotatable bonds is 9. The number of ketones is 1. The van der Waals surface area contributed by atoms with Crippen LogP contribution in [0.4, 0.5) is 8.78 Å². The lowest BCUT2D eigenvalue weighted by Crippen LogP contribution is -2.22. The predicted octanol–water partition coefficient (Wildman–Crippen LogP) is 1.84. The Hall–Kier alpha value is -3.01. The molecule has 2 rings (SSSR count). The molecule has 0 spiro atoms. The SMILES string of the molecule is CCOc1cc(C(=O)CCC(=O)[O-])ccc1OS(=O)(=O)c1ccc(F)c(F)c1. The first-order valence-corrected chi connectivity index (χ1v) is 9.44. The molecular weight excluding hydrogens is 398 g/mol. The molecule has 0 saturated heterocycles. The summed E-state index contributed by atoms with van der Waals surface area (Å²) < 4.78 is 61.2. The number of hydrogen-bond acceptors (Lipinski definition) is 7. The van der Waals surface area contributed by atoms with Gasteiger partial charge in [-0.3, -0.25) is 4.79 Å². The summed E-state index contributed by atoms with van der Waals surface area (Å²) >= 11 is 0. The van der Waals surface area contributed by atoms with E-state index in [4.69, 9.17) is 8.92 Å². The van der Waals surface area contributed by atoms with Gasteiger partial charge in [-0.15, -0.1) is 0 Å². The summed E-state index contributed by atoms with van der Waals surface area (Å²) in [6.45, 7) is 1.72. The van der Waals surface area contributed by atoms with Crippen molar-refractivity contribution < 1.29 is 40.8 Å². The monoisotopic (exact) mass is 413 g/mol. The fourth-order valence-corrected chi connectivity index (χ4v) is 3.13. The van der Waals surface area contributed by atoms with Crippen LogP contribution < -0.4 is 14.0 Å². The van der Waals surface area contributed by atoms with E-state index >= 15 is 0 Å². The standard InChI is InChI=1S/C18H16F2O7S/c1-2-26-17-9-11(15(21)6-8-18(22)23)3-7-16(17)27-28(24,25)12-4-5-13(19)14(20)10-12/h3-5,7,9-10H,2,6,8H2,1H3,(H,22,23)/p-1. The zero-order chi connectivity index (χ0) is 20.9. The second kappa shape index (κ2) is 8.79. The Morgan fingerprint density at radius 1 is 1.00 bits per heavy atom. The lowest BCUT2D eigenvalue weighted by atomic mass is 10.1. The first kappa shape index (κ1) is 21.3. The highest BCUT2D eigenvalue weighted by Crippen LogP contribution is 2.32. The van der Waals surface area contributed by atoms with Gasteiger partial charge in [0, 0.05) is 18.0 Å². The van der Waals surface area contributed by atoms with Crippen LogP contribution in [-0.2, 0) is 14.9 Å². The van der Waals surface area contributed by atoms with Gasteiger partial charge in [-0.2, -0.15) is 8.42 Å². The van der Waals surface area contributed by atoms with Gasteiger partial charge in [0.2, 0.25) is 0 Å². The third-order valence-electron chi connectivity index (χ3n) is 3.50. The van der Waals surface area contributed by atoms with Crippen LogP contribution in [-0.4, -0.2) is 26.8 Å². The van der Waals surface area contributed by atoms with E-state index in [-0.39, 0.29) is 30.1 Å². The lowest BCUT2D eigenvalue weighted by molar-refractivity contribution is -0.305. The molecule has 2 aromatic rings. The fraction of sp³-hybridized carbons (Fsp3) is 0.222. The smallest absolute Gasteiger partial charge is 0.339 e. The molecule has 0 bridgehead atoms. The molecule has 0 atom stereocenters. The molecule has 10 heteroatoms. The summed E-state index contributed by atoms with van der Waals surface area (Å²) in [5.74, 6) is -4.83. The molecule has 0 unspecified atom stereocenters. The number of Topliss-reactive ketones (excluding diaryl/α,β-unsaturated/α-hetero) is 1. The van der Waals surface area contributed by atoms with Crippen LogP contribution in [0.5, 0.6) is 11.5 Å². The van der Waals surface area contributed by atoms with Crippen LogP contribution in [0.1, 0.15) is 30.1 Å². The largest absolute Gasteiger partial charge is 0.550 e. The van der Waals surface area contributed by atoms with Gasteiger partial charge in [0.15, 0.2) is 28.9 Å². The average Bonchev–Trinajstić information content (AvgIpc) is 2.63. The Bertz CT molecular complexity index is 1000. The van der Waals surface area contributed by atoms with E-state index in [1.165, 1.54) is 12.1 Å². The van der Waals surface area contributed by atoms with Gasteiger partial charge in [-0.05, 0) is 49.7 Å². The molecule has 2 aromatic carbocycles.